The number of aromatic nitrogens is 2. The first-order valence-electron chi connectivity index (χ1n) is 3.40. The van der Waals surface area contributed by atoms with Gasteiger partial charge in [0.05, 0.1) is 6.61 Å². The van der Waals surface area contributed by atoms with Crippen LogP contribution in [0.5, 0.6) is 0 Å². The maximum Gasteiger partial charge on any atom is 0.151 e. The zero-order chi connectivity index (χ0) is 8.10. The molecule has 11 heavy (non-hydrogen) atoms. The van der Waals surface area contributed by atoms with Gasteiger partial charge in [-0.2, -0.15) is 0 Å². The van der Waals surface area contributed by atoms with Gasteiger partial charge in [0.2, 0.25) is 0 Å². The highest BCUT2D eigenvalue weighted by molar-refractivity contribution is 5.39. The van der Waals surface area contributed by atoms with Crippen molar-refractivity contribution < 1.29 is 5.11 Å². The molecule has 0 aliphatic heterocycles. The minimum atomic E-state index is 0.0251. The van der Waals surface area contributed by atoms with Gasteiger partial charge in [-0.15, -0.1) is 0 Å². The van der Waals surface area contributed by atoms with Crippen molar-refractivity contribution in [3.05, 3.63) is 29.9 Å². The zero-order valence-electron chi connectivity index (χ0n) is 6.36. The molecule has 3 heteroatoms. The number of aliphatic hydroxyl groups excluding tert-OH is 1. The Labute approximate surface area is 65.4 Å². The lowest BCUT2D eigenvalue weighted by molar-refractivity contribution is 0.343. The van der Waals surface area contributed by atoms with Crippen molar-refractivity contribution in [2.24, 2.45) is 0 Å². The number of nitrogens with zero attached hydrogens (tertiary/aromatic N) is 2. The Morgan fingerprint density at radius 3 is 3.09 bits per heavy atom. The van der Waals surface area contributed by atoms with Crippen LogP contribution >= 0.6 is 0 Å². The fraction of sp³-hybridized carbons (Fsp3) is 0.250. The first-order chi connectivity index (χ1) is 5.33. The summed E-state index contributed by atoms with van der Waals surface area (Å²) in [6.45, 7) is 1.93. The standard InChI is InChI=1S/C8H10N2O/c1-7-4-5-9-8(10-7)3-2-6-11/h2-5,11H,6H2,1H3/b3-2+. The second-order valence-corrected chi connectivity index (χ2v) is 2.14. The van der Waals surface area contributed by atoms with E-state index in [0.29, 0.717) is 5.82 Å². The van der Waals surface area contributed by atoms with Gasteiger partial charge < -0.3 is 5.11 Å². The Morgan fingerprint density at radius 1 is 1.64 bits per heavy atom. The minimum Gasteiger partial charge on any atom is -0.392 e. The van der Waals surface area contributed by atoms with Gasteiger partial charge in [-0.25, -0.2) is 9.97 Å². The molecule has 0 saturated heterocycles. The summed E-state index contributed by atoms with van der Waals surface area (Å²) < 4.78 is 0. The molecule has 0 fully saturated rings. The average Bonchev–Trinajstić information content (AvgIpc) is 2.01. The van der Waals surface area contributed by atoms with Crippen LogP contribution in [0.15, 0.2) is 18.3 Å². The second kappa shape index (κ2) is 3.83. The number of hydrogen-bond acceptors (Lipinski definition) is 3. The molecule has 0 aromatic carbocycles. The molecule has 1 heterocycles. The van der Waals surface area contributed by atoms with Crippen LogP contribution < -0.4 is 0 Å². The highest BCUT2D eigenvalue weighted by atomic mass is 16.2. The summed E-state index contributed by atoms with van der Waals surface area (Å²) in [5.41, 5.74) is 0.928. The third-order valence-corrected chi connectivity index (χ3v) is 1.19. The minimum absolute atomic E-state index is 0.0251. The van der Waals surface area contributed by atoms with Gasteiger partial charge in [-0.1, -0.05) is 6.08 Å². The van der Waals surface area contributed by atoms with Crippen molar-refractivity contribution in [2.45, 2.75) is 6.92 Å². The van der Waals surface area contributed by atoms with Gasteiger partial charge in [0.15, 0.2) is 5.82 Å². The van der Waals surface area contributed by atoms with E-state index in [1.165, 1.54) is 0 Å². The fourth-order valence-electron chi connectivity index (χ4n) is 0.707. The van der Waals surface area contributed by atoms with Crippen LogP contribution in [0.4, 0.5) is 0 Å². The van der Waals surface area contributed by atoms with Crippen LogP contribution in [0.1, 0.15) is 11.5 Å². The summed E-state index contributed by atoms with van der Waals surface area (Å²) in [6, 6.07) is 1.83. The van der Waals surface area contributed by atoms with E-state index in [1.807, 2.05) is 13.0 Å². The summed E-state index contributed by atoms with van der Waals surface area (Å²) in [5, 5.41) is 8.45. The number of rotatable bonds is 2. The molecule has 1 aromatic heterocycles. The van der Waals surface area contributed by atoms with Crippen LogP contribution in [0.25, 0.3) is 6.08 Å². The van der Waals surface area contributed by atoms with E-state index in [1.54, 1.807) is 18.3 Å². The number of hydrogen-bond donors (Lipinski definition) is 1. The van der Waals surface area contributed by atoms with Gasteiger partial charge in [-0.3, -0.25) is 0 Å². The van der Waals surface area contributed by atoms with Gasteiger partial charge in [-0.05, 0) is 19.1 Å². The van der Waals surface area contributed by atoms with Crippen LogP contribution in [0, 0.1) is 6.92 Å². The van der Waals surface area contributed by atoms with Crippen molar-refractivity contribution in [2.75, 3.05) is 6.61 Å². The molecule has 0 bridgehead atoms. The molecule has 1 N–H and O–H groups in total. The molecular formula is C8H10N2O. The molecule has 0 atom stereocenters. The number of aryl methyl sites for hydroxylation is 1. The molecule has 0 amide bonds. The van der Waals surface area contributed by atoms with Crippen molar-refractivity contribution in [1.29, 1.82) is 0 Å². The lowest BCUT2D eigenvalue weighted by Crippen LogP contribution is -1.88. The Hall–Kier alpha value is -1.22. The summed E-state index contributed by atoms with van der Waals surface area (Å²) in [7, 11) is 0. The Balaban J connectivity index is 2.79. The lowest BCUT2D eigenvalue weighted by Gasteiger charge is -1.92. The summed E-state index contributed by atoms with van der Waals surface area (Å²) >= 11 is 0. The molecule has 3 nitrogen and oxygen atoms in total. The largest absolute Gasteiger partial charge is 0.392 e. The van der Waals surface area contributed by atoms with E-state index in [9.17, 15) is 0 Å². The average molecular weight is 150 g/mol. The molecule has 0 saturated carbocycles. The SMILES string of the molecule is Cc1ccnc(/C=C/CO)n1. The molecule has 0 unspecified atom stereocenters. The highest BCUT2D eigenvalue weighted by Crippen LogP contribution is 1.94. The summed E-state index contributed by atoms with van der Waals surface area (Å²) in [6.07, 6.45) is 4.99. The molecular weight excluding hydrogens is 140 g/mol. The van der Waals surface area contributed by atoms with Gasteiger partial charge in [0.25, 0.3) is 0 Å². The van der Waals surface area contributed by atoms with E-state index in [2.05, 4.69) is 9.97 Å². The van der Waals surface area contributed by atoms with Crippen LogP contribution in [0.3, 0.4) is 0 Å². The molecule has 0 spiro atoms. The lowest BCUT2D eigenvalue weighted by atomic mass is 10.4. The smallest absolute Gasteiger partial charge is 0.151 e. The fourth-order valence-corrected chi connectivity index (χ4v) is 0.707. The summed E-state index contributed by atoms with van der Waals surface area (Å²) in [5.74, 6) is 0.638. The molecule has 0 radical (unpaired) electrons. The quantitative estimate of drug-likeness (QED) is 0.678. The van der Waals surface area contributed by atoms with Crippen molar-refractivity contribution in [1.82, 2.24) is 9.97 Å². The van der Waals surface area contributed by atoms with E-state index in [0.717, 1.165) is 5.69 Å². The van der Waals surface area contributed by atoms with Crippen LogP contribution in [0.2, 0.25) is 0 Å². The van der Waals surface area contributed by atoms with E-state index >= 15 is 0 Å². The molecule has 0 aliphatic rings. The van der Waals surface area contributed by atoms with Crippen LogP contribution in [-0.2, 0) is 0 Å². The molecule has 1 aromatic rings. The predicted octanol–water partition coefficient (Wildman–Crippen LogP) is 0.791. The van der Waals surface area contributed by atoms with Crippen molar-refractivity contribution >= 4 is 6.08 Å². The number of aliphatic hydroxyl groups is 1. The Bertz CT molecular complexity index is 258. The Kier molecular flexibility index (Phi) is 2.74. The maximum absolute atomic E-state index is 8.45. The summed E-state index contributed by atoms with van der Waals surface area (Å²) in [4.78, 5) is 8.07. The van der Waals surface area contributed by atoms with Crippen molar-refractivity contribution in [3.8, 4) is 0 Å². The molecule has 0 aliphatic carbocycles. The monoisotopic (exact) mass is 150 g/mol. The van der Waals surface area contributed by atoms with E-state index in [4.69, 9.17) is 5.11 Å². The molecule has 1 rings (SSSR count). The molecule has 58 valence electrons. The topological polar surface area (TPSA) is 46.0 Å². The van der Waals surface area contributed by atoms with E-state index < -0.39 is 0 Å². The van der Waals surface area contributed by atoms with E-state index in [-0.39, 0.29) is 6.61 Å². The van der Waals surface area contributed by atoms with Crippen LogP contribution in [-0.4, -0.2) is 21.7 Å². The maximum atomic E-state index is 8.45. The first-order valence-corrected chi connectivity index (χ1v) is 3.40. The Morgan fingerprint density at radius 2 is 2.45 bits per heavy atom. The van der Waals surface area contributed by atoms with Gasteiger partial charge >= 0.3 is 0 Å². The van der Waals surface area contributed by atoms with Gasteiger partial charge in [0.1, 0.15) is 0 Å². The predicted molar refractivity (Wildman–Crippen MR) is 42.9 cm³/mol. The normalized spacial score (nSPS) is 10.7. The third-order valence-electron chi connectivity index (χ3n) is 1.19. The highest BCUT2D eigenvalue weighted by Gasteiger charge is 1.88. The van der Waals surface area contributed by atoms with Crippen molar-refractivity contribution in [3.63, 3.8) is 0 Å². The second-order valence-electron chi connectivity index (χ2n) is 2.14. The zero-order valence-corrected chi connectivity index (χ0v) is 6.36. The first kappa shape index (κ1) is 7.88. The van der Waals surface area contributed by atoms with Gasteiger partial charge in [0, 0.05) is 11.9 Å². The third kappa shape index (κ3) is 2.47.